The number of anilines is 1. The van der Waals surface area contributed by atoms with Gasteiger partial charge in [-0.3, -0.25) is 4.79 Å². The van der Waals surface area contributed by atoms with Crippen LogP contribution in [-0.4, -0.2) is 15.9 Å². The summed E-state index contributed by atoms with van der Waals surface area (Å²) in [7, 11) is 0. The summed E-state index contributed by atoms with van der Waals surface area (Å²) >= 11 is 7.09. The summed E-state index contributed by atoms with van der Waals surface area (Å²) in [6.45, 7) is 0. The van der Waals surface area contributed by atoms with E-state index in [1.54, 1.807) is 6.07 Å². The Bertz CT molecular complexity index is 1450. The first-order valence-electron chi connectivity index (χ1n) is 9.64. The maximum Gasteiger partial charge on any atom is 0.244 e. The van der Waals surface area contributed by atoms with E-state index in [1.165, 1.54) is 12.1 Å². The van der Waals surface area contributed by atoms with Gasteiger partial charge in [0.05, 0.1) is 0 Å². The number of aromatic nitrogens is 2. The number of nitrogens with one attached hydrogen (secondary N) is 3. The molecule has 2 aromatic heterocycles. The summed E-state index contributed by atoms with van der Waals surface area (Å²) < 4.78 is 16.3. The van der Waals surface area contributed by atoms with Crippen LogP contribution >= 0.6 is 31.9 Å². The first-order valence-corrected chi connectivity index (χ1v) is 11.2. The number of rotatable bonds is 2. The van der Waals surface area contributed by atoms with E-state index >= 15 is 0 Å². The molecule has 1 aliphatic heterocycles. The molecular weight excluding hydrogens is 525 g/mol. The molecule has 0 saturated carbocycles. The van der Waals surface area contributed by atoms with Crippen LogP contribution in [0, 0.1) is 5.82 Å². The zero-order valence-corrected chi connectivity index (χ0v) is 19.1. The van der Waals surface area contributed by atoms with Gasteiger partial charge in [0.15, 0.2) is 0 Å². The molecule has 152 valence electrons. The van der Waals surface area contributed by atoms with Gasteiger partial charge in [0.25, 0.3) is 0 Å². The Balaban J connectivity index is 1.80. The van der Waals surface area contributed by atoms with Crippen LogP contribution in [0.25, 0.3) is 21.8 Å². The molecule has 3 heterocycles. The van der Waals surface area contributed by atoms with Crippen LogP contribution in [0.2, 0.25) is 0 Å². The molecule has 4 nitrogen and oxygen atoms in total. The molecule has 0 spiro atoms. The zero-order chi connectivity index (χ0) is 21.3. The molecule has 31 heavy (non-hydrogen) atoms. The molecule has 0 fully saturated rings. The highest BCUT2D eigenvalue weighted by Crippen LogP contribution is 2.51. The van der Waals surface area contributed by atoms with Crippen molar-refractivity contribution in [2.45, 2.75) is 5.41 Å². The highest BCUT2D eigenvalue weighted by molar-refractivity contribution is 9.10. The maximum absolute atomic E-state index is 14.5. The number of H-pyrrole nitrogens is 2. The molecule has 0 aliphatic carbocycles. The number of carbonyl (C=O) groups excluding carboxylic acids is 1. The molecule has 0 saturated heterocycles. The predicted molar refractivity (Wildman–Crippen MR) is 127 cm³/mol. The zero-order valence-electron chi connectivity index (χ0n) is 15.9. The molecule has 6 rings (SSSR count). The van der Waals surface area contributed by atoms with E-state index < -0.39 is 5.41 Å². The van der Waals surface area contributed by atoms with Gasteiger partial charge in [-0.1, -0.05) is 31.9 Å². The average molecular weight is 539 g/mol. The standard InChI is InChI=1S/C24H14Br2FN3O/c25-12-1-4-20-15(7-12)18(10-28-20)24(17-9-14(27)3-6-22(17)30-23(24)31)19-11-29-21-5-2-13(26)8-16(19)21/h1-11,28-29H,(H,30,31). The second-order valence-electron chi connectivity index (χ2n) is 7.68. The van der Waals surface area contributed by atoms with Gasteiger partial charge in [-0.15, -0.1) is 0 Å². The molecule has 1 aliphatic rings. The van der Waals surface area contributed by atoms with Crippen molar-refractivity contribution in [2.75, 3.05) is 5.32 Å². The average Bonchev–Trinajstić information content (AvgIpc) is 3.42. The van der Waals surface area contributed by atoms with Crippen molar-refractivity contribution >= 4 is 65.3 Å². The molecule has 1 amide bonds. The Morgan fingerprint density at radius 2 is 1.32 bits per heavy atom. The van der Waals surface area contributed by atoms with E-state index in [2.05, 4.69) is 47.1 Å². The van der Waals surface area contributed by atoms with Gasteiger partial charge in [0.2, 0.25) is 5.91 Å². The van der Waals surface area contributed by atoms with E-state index in [9.17, 15) is 9.18 Å². The number of hydrogen-bond donors (Lipinski definition) is 3. The van der Waals surface area contributed by atoms with Crippen molar-refractivity contribution < 1.29 is 9.18 Å². The lowest BCUT2D eigenvalue weighted by molar-refractivity contribution is -0.118. The fraction of sp³-hybridized carbons (Fsp3) is 0.0417. The number of amides is 1. The lowest BCUT2D eigenvalue weighted by atomic mass is 9.70. The SMILES string of the molecule is O=C1Nc2ccc(F)cc2C1(c1c[nH]c2ccc(Br)cc12)c1c[nH]c2ccc(Br)cc12. The van der Waals surface area contributed by atoms with Gasteiger partial charge in [-0.05, 0) is 54.6 Å². The second-order valence-corrected chi connectivity index (χ2v) is 9.51. The summed E-state index contributed by atoms with van der Waals surface area (Å²) in [5.41, 5.74) is 3.32. The number of fused-ring (bicyclic) bond motifs is 3. The third kappa shape index (κ3) is 2.53. The fourth-order valence-corrected chi connectivity index (χ4v) is 5.48. The summed E-state index contributed by atoms with van der Waals surface area (Å²) in [6.07, 6.45) is 3.71. The number of carbonyl (C=O) groups is 1. The molecule has 7 heteroatoms. The normalized spacial score (nSPS) is 14.9. The quantitative estimate of drug-likeness (QED) is 0.233. The molecule has 3 N–H and O–H groups in total. The van der Waals surface area contributed by atoms with Gasteiger partial charge in [-0.2, -0.15) is 0 Å². The molecule has 3 aromatic carbocycles. The Hall–Kier alpha value is -2.90. The van der Waals surface area contributed by atoms with Crippen LogP contribution in [0.5, 0.6) is 0 Å². The third-order valence-electron chi connectivity index (χ3n) is 6.07. The minimum Gasteiger partial charge on any atom is -0.361 e. The van der Waals surface area contributed by atoms with E-state index in [4.69, 9.17) is 0 Å². The van der Waals surface area contributed by atoms with E-state index in [0.29, 0.717) is 11.3 Å². The van der Waals surface area contributed by atoms with Crippen LogP contribution in [0.1, 0.15) is 16.7 Å². The van der Waals surface area contributed by atoms with Crippen molar-refractivity contribution in [2.24, 2.45) is 0 Å². The predicted octanol–water partition coefficient (Wildman–Crippen LogP) is 6.60. The second kappa shape index (κ2) is 6.55. The largest absolute Gasteiger partial charge is 0.361 e. The van der Waals surface area contributed by atoms with Gasteiger partial charge >= 0.3 is 0 Å². The third-order valence-corrected chi connectivity index (χ3v) is 7.06. The van der Waals surface area contributed by atoms with Crippen LogP contribution in [0.4, 0.5) is 10.1 Å². The minimum atomic E-state index is -1.23. The van der Waals surface area contributed by atoms with Crippen LogP contribution in [0.3, 0.4) is 0 Å². The molecule has 0 atom stereocenters. The Labute approximate surface area is 193 Å². The van der Waals surface area contributed by atoms with Crippen molar-refractivity contribution in [3.63, 3.8) is 0 Å². The Morgan fingerprint density at radius 3 is 1.90 bits per heavy atom. The number of benzene rings is 3. The summed E-state index contributed by atoms with van der Waals surface area (Å²) in [5.74, 6) is -0.600. The molecule has 0 bridgehead atoms. The topological polar surface area (TPSA) is 60.7 Å². The van der Waals surface area contributed by atoms with Crippen LogP contribution in [-0.2, 0) is 10.2 Å². The van der Waals surface area contributed by atoms with E-state index in [-0.39, 0.29) is 11.7 Å². The fourth-order valence-electron chi connectivity index (χ4n) is 4.76. The van der Waals surface area contributed by atoms with Crippen molar-refractivity contribution in [1.82, 2.24) is 9.97 Å². The monoisotopic (exact) mass is 537 g/mol. The highest BCUT2D eigenvalue weighted by atomic mass is 79.9. The summed E-state index contributed by atoms with van der Waals surface area (Å²) in [4.78, 5) is 20.4. The molecule has 0 unspecified atom stereocenters. The van der Waals surface area contributed by atoms with Crippen molar-refractivity contribution in [3.05, 3.63) is 98.4 Å². The van der Waals surface area contributed by atoms with Gasteiger partial charge in [-0.25, -0.2) is 4.39 Å². The van der Waals surface area contributed by atoms with Crippen LogP contribution in [0.15, 0.2) is 75.9 Å². The highest BCUT2D eigenvalue weighted by Gasteiger charge is 2.52. The Kier molecular flexibility index (Phi) is 3.98. The van der Waals surface area contributed by atoms with Crippen LogP contribution < -0.4 is 5.32 Å². The lowest BCUT2D eigenvalue weighted by Crippen LogP contribution is -2.36. The van der Waals surface area contributed by atoms with Crippen molar-refractivity contribution in [3.8, 4) is 0 Å². The first-order chi connectivity index (χ1) is 15.0. The summed E-state index contributed by atoms with van der Waals surface area (Å²) in [6, 6.07) is 16.2. The smallest absolute Gasteiger partial charge is 0.244 e. The number of aromatic amines is 2. The number of halogens is 3. The Morgan fingerprint density at radius 1 is 0.742 bits per heavy atom. The van der Waals surface area contributed by atoms with Gasteiger partial charge in [0, 0.05) is 65.5 Å². The minimum absolute atomic E-state index is 0.213. The summed E-state index contributed by atoms with van der Waals surface area (Å²) in [5, 5.41) is 4.78. The number of hydrogen-bond acceptors (Lipinski definition) is 1. The maximum atomic E-state index is 14.5. The molecule has 5 aromatic rings. The van der Waals surface area contributed by atoms with Gasteiger partial charge in [0.1, 0.15) is 11.2 Å². The van der Waals surface area contributed by atoms with E-state index in [1.807, 2.05) is 48.8 Å². The molecular formula is C24H14Br2FN3O. The molecule has 0 radical (unpaired) electrons. The lowest BCUT2D eigenvalue weighted by Gasteiger charge is -2.28. The van der Waals surface area contributed by atoms with Crippen molar-refractivity contribution in [1.29, 1.82) is 0 Å². The first kappa shape index (κ1) is 18.8. The van der Waals surface area contributed by atoms with Gasteiger partial charge < -0.3 is 15.3 Å². The van der Waals surface area contributed by atoms with E-state index in [0.717, 1.165) is 41.9 Å².